The average molecular weight is 321 g/mol. The lowest BCUT2D eigenvalue weighted by molar-refractivity contribution is -0.127. The molecule has 0 aliphatic heterocycles. The number of thioether (sulfide) groups is 1. The quantitative estimate of drug-likeness (QED) is 0.722. The molecule has 0 unspecified atom stereocenters. The minimum absolute atomic E-state index is 0.0827. The minimum atomic E-state index is 0.0827. The van der Waals surface area contributed by atoms with Crippen LogP contribution in [-0.2, 0) is 4.79 Å². The van der Waals surface area contributed by atoms with E-state index in [9.17, 15) is 4.79 Å². The second-order valence-electron chi connectivity index (χ2n) is 4.43. The third-order valence-corrected chi connectivity index (χ3v) is 4.10. The van der Waals surface area contributed by atoms with Crippen LogP contribution in [0.15, 0.2) is 29.4 Å². The predicted molar refractivity (Wildman–Crippen MR) is 84.4 cm³/mol. The highest BCUT2D eigenvalue weighted by Gasteiger charge is 2.14. The average Bonchev–Trinajstić information content (AvgIpc) is 3.02. The molecule has 1 aromatic heterocycles. The first kappa shape index (κ1) is 16.3. The first-order chi connectivity index (χ1) is 10.7. The molecule has 2 rings (SSSR count). The van der Waals surface area contributed by atoms with E-state index in [1.54, 1.807) is 16.7 Å². The predicted octanol–water partition coefficient (Wildman–Crippen LogP) is 1.63. The second-order valence-corrected chi connectivity index (χ2v) is 5.37. The van der Waals surface area contributed by atoms with Crippen molar-refractivity contribution in [3.8, 4) is 11.4 Å². The molecule has 118 valence electrons. The van der Waals surface area contributed by atoms with Gasteiger partial charge in [0.15, 0.2) is 0 Å². The molecular formula is C14H19N5O2S. The van der Waals surface area contributed by atoms with Gasteiger partial charge in [-0.05, 0) is 48.5 Å². The van der Waals surface area contributed by atoms with E-state index in [4.69, 9.17) is 4.74 Å². The maximum absolute atomic E-state index is 12.0. The van der Waals surface area contributed by atoms with Crippen molar-refractivity contribution in [2.45, 2.75) is 19.0 Å². The Morgan fingerprint density at radius 2 is 1.95 bits per heavy atom. The van der Waals surface area contributed by atoms with Gasteiger partial charge >= 0.3 is 0 Å². The number of tetrazole rings is 1. The van der Waals surface area contributed by atoms with Crippen LogP contribution in [0.25, 0.3) is 5.69 Å². The van der Waals surface area contributed by atoms with E-state index >= 15 is 0 Å². The third kappa shape index (κ3) is 3.76. The van der Waals surface area contributed by atoms with Gasteiger partial charge in [-0.15, -0.1) is 5.10 Å². The van der Waals surface area contributed by atoms with Crippen molar-refractivity contribution in [1.29, 1.82) is 0 Å². The third-order valence-electron chi connectivity index (χ3n) is 3.20. The fourth-order valence-electron chi connectivity index (χ4n) is 1.95. The second kappa shape index (κ2) is 7.79. The van der Waals surface area contributed by atoms with E-state index in [1.165, 1.54) is 11.8 Å². The molecule has 1 amide bonds. The van der Waals surface area contributed by atoms with Crippen LogP contribution in [0.1, 0.15) is 13.8 Å². The molecule has 0 fully saturated rings. The molecule has 0 aliphatic carbocycles. The number of ether oxygens (including phenoxy) is 1. The molecule has 1 aromatic carbocycles. The summed E-state index contributed by atoms with van der Waals surface area (Å²) < 4.78 is 6.74. The Morgan fingerprint density at radius 1 is 1.27 bits per heavy atom. The summed E-state index contributed by atoms with van der Waals surface area (Å²) in [7, 11) is 1.62. The smallest absolute Gasteiger partial charge is 0.233 e. The van der Waals surface area contributed by atoms with Crippen molar-refractivity contribution in [3.05, 3.63) is 24.3 Å². The van der Waals surface area contributed by atoms with Gasteiger partial charge in [0.2, 0.25) is 11.1 Å². The lowest BCUT2D eigenvalue weighted by Crippen LogP contribution is -2.31. The van der Waals surface area contributed by atoms with Gasteiger partial charge in [-0.3, -0.25) is 4.79 Å². The van der Waals surface area contributed by atoms with E-state index in [0.717, 1.165) is 11.4 Å². The van der Waals surface area contributed by atoms with Crippen molar-refractivity contribution in [2.24, 2.45) is 0 Å². The van der Waals surface area contributed by atoms with E-state index in [2.05, 4.69) is 15.5 Å². The molecule has 0 saturated heterocycles. The minimum Gasteiger partial charge on any atom is -0.497 e. The number of rotatable bonds is 7. The number of aromatic nitrogens is 4. The molecule has 22 heavy (non-hydrogen) atoms. The number of carbonyl (C=O) groups excluding carboxylic acids is 1. The summed E-state index contributed by atoms with van der Waals surface area (Å²) in [4.78, 5) is 13.8. The summed E-state index contributed by atoms with van der Waals surface area (Å²) in [6.45, 7) is 5.35. The number of hydrogen-bond acceptors (Lipinski definition) is 6. The summed E-state index contributed by atoms with van der Waals surface area (Å²) in [6.07, 6.45) is 0. The number of nitrogens with zero attached hydrogens (tertiary/aromatic N) is 5. The lowest BCUT2D eigenvalue weighted by Gasteiger charge is -2.17. The Bertz CT molecular complexity index is 610. The van der Waals surface area contributed by atoms with Gasteiger partial charge in [-0.1, -0.05) is 11.8 Å². The number of methoxy groups -OCH3 is 1. The molecule has 0 bridgehead atoms. The van der Waals surface area contributed by atoms with Gasteiger partial charge in [-0.25, -0.2) is 0 Å². The van der Waals surface area contributed by atoms with Crippen molar-refractivity contribution in [1.82, 2.24) is 25.1 Å². The number of benzene rings is 1. The topological polar surface area (TPSA) is 73.1 Å². The normalized spacial score (nSPS) is 10.5. The number of hydrogen-bond donors (Lipinski definition) is 0. The molecule has 2 aromatic rings. The highest BCUT2D eigenvalue weighted by Crippen LogP contribution is 2.20. The van der Waals surface area contributed by atoms with E-state index in [0.29, 0.717) is 24.0 Å². The van der Waals surface area contributed by atoms with Crippen LogP contribution in [0.3, 0.4) is 0 Å². The van der Waals surface area contributed by atoms with E-state index in [-0.39, 0.29) is 5.91 Å². The van der Waals surface area contributed by atoms with Crippen LogP contribution in [0.2, 0.25) is 0 Å². The monoisotopic (exact) mass is 321 g/mol. The van der Waals surface area contributed by atoms with Crippen LogP contribution < -0.4 is 4.74 Å². The SMILES string of the molecule is CCN(CC)C(=O)CSc1nnnn1-c1ccc(OC)cc1. The van der Waals surface area contributed by atoms with E-state index in [1.807, 2.05) is 38.1 Å². The first-order valence-electron chi connectivity index (χ1n) is 7.03. The zero-order valence-corrected chi connectivity index (χ0v) is 13.7. The Kier molecular flexibility index (Phi) is 5.76. The van der Waals surface area contributed by atoms with Crippen LogP contribution >= 0.6 is 11.8 Å². The van der Waals surface area contributed by atoms with Crippen LogP contribution in [0.4, 0.5) is 0 Å². The van der Waals surface area contributed by atoms with E-state index < -0.39 is 0 Å². The molecule has 0 spiro atoms. The fraction of sp³-hybridized carbons (Fsp3) is 0.429. The van der Waals surface area contributed by atoms with Gasteiger partial charge in [0.05, 0.1) is 18.6 Å². The molecule has 0 N–H and O–H groups in total. The highest BCUT2D eigenvalue weighted by molar-refractivity contribution is 7.99. The highest BCUT2D eigenvalue weighted by atomic mass is 32.2. The Hall–Kier alpha value is -2.09. The molecule has 0 radical (unpaired) electrons. The van der Waals surface area contributed by atoms with Gasteiger partial charge in [0, 0.05) is 13.1 Å². The Balaban J connectivity index is 2.07. The van der Waals surface area contributed by atoms with Crippen LogP contribution in [0.5, 0.6) is 5.75 Å². The van der Waals surface area contributed by atoms with Crippen molar-refractivity contribution in [3.63, 3.8) is 0 Å². The standard InChI is InChI=1S/C14H19N5O2S/c1-4-18(5-2)13(20)10-22-14-15-16-17-19(14)11-6-8-12(21-3)9-7-11/h6-9H,4-5,10H2,1-3H3. The molecule has 7 nitrogen and oxygen atoms in total. The van der Waals surface area contributed by atoms with Gasteiger partial charge in [-0.2, -0.15) is 4.68 Å². The maximum atomic E-state index is 12.0. The molecular weight excluding hydrogens is 302 g/mol. The largest absolute Gasteiger partial charge is 0.497 e. The van der Waals surface area contributed by atoms with Gasteiger partial charge in [0.1, 0.15) is 5.75 Å². The number of amides is 1. The molecule has 0 aliphatic rings. The zero-order chi connectivity index (χ0) is 15.9. The van der Waals surface area contributed by atoms with Crippen LogP contribution in [0, 0.1) is 0 Å². The fourth-order valence-corrected chi connectivity index (χ4v) is 2.74. The summed E-state index contributed by atoms with van der Waals surface area (Å²) in [6, 6.07) is 7.41. The molecule has 0 atom stereocenters. The van der Waals surface area contributed by atoms with Gasteiger partial charge < -0.3 is 9.64 Å². The Morgan fingerprint density at radius 3 is 2.55 bits per heavy atom. The van der Waals surface area contributed by atoms with Crippen molar-refractivity contribution in [2.75, 3.05) is 26.0 Å². The van der Waals surface area contributed by atoms with Crippen molar-refractivity contribution < 1.29 is 9.53 Å². The summed E-state index contributed by atoms with van der Waals surface area (Å²) in [5.74, 6) is 1.17. The molecule has 1 heterocycles. The zero-order valence-electron chi connectivity index (χ0n) is 12.9. The van der Waals surface area contributed by atoms with Crippen LogP contribution in [-0.4, -0.2) is 57.0 Å². The maximum Gasteiger partial charge on any atom is 0.233 e. The molecule has 0 saturated carbocycles. The van der Waals surface area contributed by atoms with Crippen molar-refractivity contribution >= 4 is 17.7 Å². The first-order valence-corrected chi connectivity index (χ1v) is 8.01. The number of carbonyl (C=O) groups is 1. The van der Waals surface area contributed by atoms with Gasteiger partial charge in [0.25, 0.3) is 0 Å². The molecule has 8 heteroatoms. The summed E-state index contributed by atoms with van der Waals surface area (Å²) >= 11 is 1.33. The summed E-state index contributed by atoms with van der Waals surface area (Å²) in [5, 5.41) is 12.2. The Labute approximate surface area is 133 Å². The lowest BCUT2D eigenvalue weighted by atomic mass is 10.3. The summed E-state index contributed by atoms with van der Waals surface area (Å²) in [5.41, 5.74) is 0.823.